The third-order valence-corrected chi connectivity index (χ3v) is 5.64. The van der Waals surface area contributed by atoms with E-state index in [9.17, 15) is 0 Å². The fraction of sp³-hybridized carbons (Fsp3) is 1.00. The van der Waals surface area contributed by atoms with Gasteiger partial charge in [-0.05, 0) is 39.3 Å². The summed E-state index contributed by atoms with van der Waals surface area (Å²) in [5.41, 5.74) is 0. The van der Waals surface area contributed by atoms with Crippen LogP contribution in [-0.2, 0) is 4.74 Å². The fourth-order valence-corrected chi connectivity index (χ4v) is 4.27. The molecule has 3 unspecified atom stereocenters. The zero-order chi connectivity index (χ0) is 13.9. The number of hydrogen-bond acceptors (Lipinski definition) is 4. The van der Waals surface area contributed by atoms with Crippen molar-refractivity contribution in [2.75, 3.05) is 39.8 Å². The van der Waals surface area contributed by atoms with Crippen molar-refractivity contribution in [2.24, 2.45) is 0 Å². The first-order valence-electron chi connectivity index (χ1n) is 8.55. The zero-order valence-electron chi connectivity index (χ0n) is 13.2. The molecule has 0 radical (unpaired) electrons. The molecule has 1 N–H and O–H groups in total. The van der Waals surface area contributed by atoms with Gasteiger partial charge in [0.2, 0.25) is 0 Å². The highest BCUT2D eigenvalue weighted by molar-refractivity contribution is 4.93. The van der Waals surface area contributed by atoms with Gasteiger partial charge in [-0.2, -0.15) is 0 Å². The van der Waals surface area contributed by atoms with Crippen molar-refractivity contribution >= 4 is 0 Å². The molecule has 3 atom stereocenters. The molecule has 3 aliphatic rings. The Kier molecular flexibility index (Phi) is 4.97. The normalized spacial score (nSPS) is 39.9. The van der Waals surface area contributed by atoms with E-state index in [0.29, 0.717) is 12.1 Å². The summed E-state index contributed by atoms with van der Waals surface area (Å²) in [6.45, 7) is 7.53. The predicted octanol–water partition coefficient (Wildman–Crippen LogP) is 1.31. The predicted molar refractivity (Wildman–Crippen MR) is 82.1 cm³/mol. The molecule has 20 heavy (non-hydrogen) atoms. The van der Waals surface area contributed by atoms with Crippen LogP contribution < -0.4 is 5.32 Å². The molecule has 4 heteroatoms. The van der Waals surface area contributed by atoms with Gasteiger partial charge in [-0.1, -0.05) is 13.3 Å². The summed E-state index contributed by atoms with van der Waals surface area (Å²) in [6, 6.07) is 2.35. The maximum Gasteiger partial charge on any atom is 0.0826 e. The second kappa shape index (κ2) is 6.73. The summed E-state index contributed by atoms with van der Waals surface area (Å²) in [5, 5.41) is 3.81. The summed E-state index contributed by atoms with van der Waals surface area (Å²) in [7, 11) is 2.33. The summed E-state index contributed by atoms with van der Waals surface area (Å²) in [4.78, 5) is 5.14. The van der Waals surface area contributed by atoms with Crippen LogP contribution in [-0.4, -0.2) is 73.9 Å². The molecule has 0 aromatic carbocycles. The lowest BCUT2D eigenvalue weighted by Gasteiger charge is -2.47. The van der Waals surface area contributed by atoms with Crippen LogP contribution in [0.15, 0.2) is 0 Å². The van der Waals surface area contributed by atoms with Crippen molar-refractivity contribution in [1.29, 1.82) is 0 Å². The summed E-state index contributed by atoms with van der Waals surface area (Å²) < 4.78 is 5.90. The number of piperidine rings is 2. The smallest absolute Gasteiger partial charge is 0.0826 e. The molecule has 3 aliphatic heterocycles. The number of rotatable bonds is 4. The van der Waals surface area contributed by atoms with Crippen molar-refractivity contribution in [3.63, 3.8) is 0 Å². The molecule has 3 rings (SSSR count). The Balaban J connectivity index is 1.44. The highest BCUT2D eigenvalue weighted by atomic mass is 16.5. The minimum atomic E-state index is 0.392. The highest BCUT2D eigenvalue weighted by Gasteiger charge is 2.36. The number of hydrogen-bond donors (Lipinski definition) is 1. The van der Waals surface area contributed by atoms with Crippen molar-refractivity contribution in [1.82, 2.24) is 15.1 Å². The average Bonchev–Trinajstić information content (AvgIpc) is 2.46. The van der Waals surface area contributed by atoms with Gasteiger partial charge in [-0.3, -0.25) is 4.90 Å². The second-order valence-corrected chi connectivity index (χ2v) is 6.87. The van der Waals surface area contributed by atoms with Crippen LogP contribution in [0.3, 0.4) is 0 Å². The van der Waals surface area contributed by atoms with Gasteiger partial charge in [0.05, 0.1) is 12.7 Å². The van der Waals surface area contributed by atoms with Gasteiger partial charge in [0.15, 0.2) is 0 Å². The molecule has 0 aliphatic carbocycles. The van der Waals surface area contributed by atoms with E-state index < -0.39 is 0 Å². The molecule has 3 saturated heterocycles. The lowest BCUT2D eigenvalue weighted by molar-refractivity contribution is -0.0295. The van der Waals surface area contributed by atoms with Crippen molar-refractivity contribution in [3.05, 3.63) is 0 Å². The van der Waals surface area contributed by atoms with Crippen molar-refractivity contribution in [3.8, 4) is 0 Å². The van der Waals surface area contributed by atoms with E-state index in [0.717, 1.165) is 44.9 Å². The lowest BCUT2D eigenvalue weighted by Crippen LogP contribution is -2.56. The first-order valence-corrected chi connectivity index (χ1v) is 8.55. The maximum absolute atomic E-state index is 5.90. The molecule has 0 aromatic rings. The molecule has 3 heterocycles. The minimum absolute atomic E-state index is 0.392. The minimum Gasteiger partial charge on any atom is -0.374 e. The summed E-state index contributed by atoms with van der Waals surface area (Å²) >= 11 is 0. The number of likely N-dealkylation sites (N-methyl/N-ethyl adjacent to an activating group) is 1. The highest BCUT2D eigenvalue weighted by Crippen LogP contribution is 2.32. The van der Waals surface area contributed by atoms with E-state index in [1.54, 1.807) is 0 Å². The number of fused-ring (bicyclic) bond motifs is 2. The molecule has 3 fully saturated rings. The molecule has 2 bridgehead atoms. The first-order chi connectivity index (χ1) is 9.76. The average molecular weight is 281 g/mol. The third kappa shape index (κ3) is 3.35. The van der Waals surface area contributed by atoms with E-state index in [1.807, 2.05) is 0 Å². The number of nitrogens with one attached hydrogen (secondary N) is 1. The van der Waals surface area contributed by atoms with Crippen LogP contribution in [0, 0.1) is 0 Å². The Labute approximate surface area is 123 Å². The topological polar surface area (TPSA) is 27.7 Å². The summed E-state index contributed by atoms with van der Waals surface area (Å²) in [6.07, 6.45) is 7.28. The molecule has 0 spiro atoms. The Bertz CT molecular complexity index is 298. The van der Waals surface area contributed by atoms with E-state index in [4.69, 9.17) is 4.74 Å². The van der Waals surface area contributed by atoms with Crippen LogP contribution in [0.4, 0.5) is 0 Å². The Morgan fingerprint density at radius 2 is 1.95 bits per heavy atom. The molecule has 0 amide bonds. The van der Waals surface area contributed by atoms with Gasteiger partial charge < -0.3 is 15.0 Å². The van der Waals surface area contributed by atoms with E-state index in [-0.39, 0.29) is 0 Å². The molecular weight excluding hydrogens is 250 g/mol. The van der Waals surface area contributed by atoms with E-state index in [1.165, 1.54) is 32.1 Å². The van der Waals surface area contributed by atoms with Gasteiger partial charge in [0, 0.05) is 37.8 Å². The second-order valence-electron chi connectivity index (χ2n) is 6.87. The summed E-state index contributed by atoms with van der Waals surface area (Å²) in [5.74, 6) is 0. The molecule has 116 valence electrons. The van der Waals surface area contributed by atoms with E-state index >= 15 is 0 Å². The standard InChI is InChI=1S/C16H31N3O/c1-3-19-7-8-20-16(12-19)11-17-13-9-14-5-4-6-15(10-13)18(14)2/h13-17H,3-12H2,1-2H3. The number of morpholine rings is 1. The Morgan fingerprint density at radius 1 is 1.20 bits per heavy atom. The number of ether oxygens (including phenoxy) is 1. The monoisotopic (exact) mass is 281 g/mol. The lowest BCUT2D eigenvalue weighted by atomic mass is 9.82. The zero-order valence-corrected chi connectivity index (χ0v) is 13.2. The quantitative estimate of drug-likeness (QED) is 0.841. The van der Waals surface area contributed by atoms with Gasteiger partial charge in [0.1, 0.15) is 0 Å². The van der Waals surface area contributed by atoms with Crippen molar-refractivity contribution in [2.45, 2.75) is 63.3 Å². The van der Waals surface area contributed by atoms with Crippen LogP contribution in [0.25, 0.3) is 0 Å². The first kappa shape index (κ1) is 14.8. The van der Waals surface area contributed by atoms with Crippen molar-refractivity contribution < 1.29 is 4.74 Å². The van der Waals surface area contributed by atoms with Gasteiger partial charge in [0.25, 0.3) is 0 Å². The largest absolute Gasteiger partial charge is 0.374 e. The van der Waals surface area contributed by atoms with Crippen LogP contribution in [0.1, 0.15) is 39.0 Å². The molecule has 0 saturated carbocycles. The molecular formula is C16H31N3O. The van der Waals surface area contributed by atoms with Gasteiger partial charge in [-0.25, -0.2) is 0 Å². The maximum atomic E-state index is 5.90. The van der Waals surface area contributed by atoms with Gasteiger partial charge in [-0.15, -0.1) is 0 Å². The van der Waals surface area contributed by atoms with E-state index in [2.05, 4.69) is 29.1 Å². The van der Waals surface area contributed by atoms with Gasteiger partial charge >= 0.3 is 0 Å². The SMILES string of the molecule is CCN1CCOC(CNC2CC3CCCC(C2)N3C)C1. The third-order valence-electron chi connectivity index (χ3n) is 5.64. The molecule has 0 aromatic heterocycles. The molecule has 4 nitrogen and oxygen atoms in total. The Morgan fingerprint density at radius 3 is 2.65 bits per heavy atom. The fourth-order valence-electron chi connectivity index (χ4n) is 4.27. The number of nitrogens with zero attached hydrogens (tertiary/aromatic N) is 2. The van der Waals surface area contributed by atoms with Crippen LogP contribution >= 0.6 is 0 Å². The van der Waals surface area contributed by atoms with Crippen LogP contribution in [0.5, 0.6) is 0 Å². The Hall–Kier alpha value is -0.160. The van der Waals surface area contributed by atoms with Crippen LogP contribution in [0.2, 0.25) is 0 Å².